The van der Waals surface area contributed by atoms with Crippen LogP contribution in [0.4, 0.5) is 9.93 Å². The van der Waals surface area contributed by atoms with Crippen LogP contribution >= 0.6 is 11.3 Å². The molecule has 1 aliphatic heterocycles. The summed E-state index contributed by atoms with van der Waals surface area (Å²) in [7, 11) is 0. The minimum Gasteiger partial charge on any atom is -0.378 e. The number of anilines is 1. The molecule has 1 aromatic heterocycles. The van der Waals surface area contributed by atoms with Gasteiger partial charge in [0, 0.05) is 24.4 Å². The summed E-state index contributed by atoms with van der Waals surface area (Å²) < 4.78 is 5.28. The second-order valence-corrected chi connectivity index (χ2v) is 7.64. The van der Waals surface area contributed by atoms with Crippen LogP contribution in [0.25, 0.3) is 0 Å². The number of nitrogens with zero attached hydrogens (tertiary/aromatic N) is 2. The van der Waals surface area contributed by atoms with Gasteiger partial charge in [0.05, 0.1) is 18.9 Å². The first kappa shape index (κ1) is 19.3. The van der Waals surface area contributed by atoms with E-state index in [4.69, 9.17) is 4.74 Å². The molecule has 3 amide bonds. The lowest BCUT2D eigenvalue weighted by Gasteiger charge is -2.29. The Bertz CT molecular complexity index is 768. The molecule has 2 N–H and O–H groups in total. The Labute approximate surface area is 162 Å². The number of carbonyl (C=O) groups is 2. The van der Waals surface area contributed by atoms with Gasteiger partial charge in [-0.15, -0.1) is 11.3 Å². The van der Waals surface area contributed by atoms with E-state index < -0.39 is 6.04 Å². The molecule has 0 saturated carbocycles. The Morgan fingerprint density at radius 1 is 1.22 bits per heavy atom. The maximum atomic E-state index is 12.9. The van der Waals surface area contributed by atoms with Crippen molar-refractivity contribution in [3.63, 3.8) is 0 Å². The van der Waals surface area contributed by atoms with Crippen LogP contribution in [0.2, 0.25) is 0 Å². The van der Waals surface area contributed by atoms with Gasteiger partial charge < -0.3 is 20.3 Å². The first-order chi connectivity index (χ1) is 13.0. The molecular weight excluding hydrogens is 364 g/mol. The second-order valence-electron chi connectivity index (χ2n) is 6.44. The zero-order valence-electron chi connectivity index (χ0n) is 15.5. The normalized spacial score (nSPS) is 15.3. The highest BCUT2D eigenvalue weighted by atomic mass is 32.1. The van der Waals surface area contributed by atoms with Crippen molar-refractivity contribution < 1.29 is 14.3 Å². The number of urea groups is 1. The molecule has 2 heterocycles. The highest BCUT2D eigenvalue weighted by Gasteiger charge is 2.26. The molecule has 1 aliphatic rings. The molecule has 8 heteroatoms. The van der Waals surface area contributed by atoms with Crippen LogP contribution in [-0.4, -0.2) is 54.2 Å². The molecule has 27 heavy (non-hydrogen) atoms. The molecule has 7 nitrogen and oxygen atoms in total. The first-order valence-corrected chi connectivity index (χ1v) is 9.76. The van der Waals surface area contributed by atoms with Crippen molar-refractivity contribution in [2.24, 2.45) is 0 Å². The number of aromatic nitrogens is 1. The standard InChI is InChI=1S/C19H24N4O3S/c1-13-14(2)27-18(20-13)22-17(24)16(12-15-6-4-3-5-7-15)21-19(25)23-8-10-26-11-9-23/h3-7,16H,8-12H2,1-2H3,(H,21,25)(H,20,22,24)/t16-/m0/s1. The van der Waals surface area contributed by atoms with Crippen LogP contribution in [0.3, 0.4) is 0 Å². The minimum atomic E-state index is -0.688. The highest BCUT2D eigenvalue weighted by Crippen LogP contribution is 2.21. The zero-order chi connectivity index (χ0) is 19.2. The van der Waals surface area contributed by atoms with Crippen molar-refractivity contribution >= 4 is 28.4 Å². The van der Waals surface area contributed by atoms with E-state index in [-0.39, 0.29) is 11.9 Å². The van der Waals surface area contributed by atoms with Crippen molar-refractivity contribution in [3.8, 4) is 0 Å². The van der Waals surface area contributed by atoms with Gasteiger partial charge in [-0.1, -0.05) is 30.3 Å². The third kappa shape index (κ3) is 5.27. The van der Waals surface area contributed by atoms with Crippen LogP contribution in [0.15, 0.2) is 30.3 Å². The molecular formula is C19H24N4O3S. The molecule has 1 fully saturated rings. The van der Waals surface area contributed by atoms with Gasteiger partial charge in [-0.2, -0.15) is 0 Å². The number of ether oxygens (including phenoxy) is 1. The lowest BCUT2D eigenvalue weighted by molar-refractivity contribution is -0.118. The Balaban J connectivity index is 1.71. The summed E-state index contributed by atoms with van der Waals surface area (Å²) in [4.78, 5) is 32.5. The van der Waals surface area contributed by atoms with Crippen molar-refractivity contribution in [1.29, 1.82) is 0 Å². The van der Waals surface area contributed by atoms with Crippen LogP contribution in [-0.2, 0) is 16.0 Å². The number of rotatable bonds is 5. The molecule has 1 atom stereocenters. The fraction of sp³-hybridized carbons (Fsp3) is 0.421. The molecule has 0 aliphatic carbocycles. The fourth-order valence-corrected chi connectivity index (χ4v) is 3.60. The van der Waals surface area contributed by atoms with Crippen LogP contribution in [0.1, 0.15) is 16.1 Å². The number of aryl methyl sites for hydroxylation is 2. The van der Waals surface area contributed by atoms with E-state index in [1.807, 2.05) is 44.2 Å². The molecule has 1 saturated heterocycles. The van der Waals surface area contributed by atoms with Gasteiger partial charge in [-0.05, 0) is 19.4 Å². The summed E-state index contributed by atoms with van der Waals surface area (Å²) >= 11 is 1.43. The number of nitrogens with one attached hydrogen (secondary N) is 2. The maximum Gasteiger partial charge on any atom is 0.318 e. The number of carbonyl (C=O) groups excluding carboxylic acids is 2. The zero-order valence-corrected chi connectivity index (χ0v) is 16.3. The van der Waals surface area contributed by atoms with Crippen molar-refractivity contribution in [1.82, 2.24) is 15.2 Å². The number of amides is 3. The Kier molecular flexibility index (Phi) is 6.41. The van der Waals surface area contributed by atoms with Gasteiger partial charge in [-0.25, -0.2) is 9.78 Å². The quantitative estimate of drug-likeness (QED) is 0.824. The Hall–Kier alpha value is -2.45. The Morgan fingerprint density at radius 3 is 2.56 bits per heavy atom. The van der Waals surface area contributed by atoms with Crippen molar-refractivity contribution in [3.05, 3.63) is 46.5 Å². The summed E-state index contributed by atoms with van der Waals surface area (Å²) in [5.74, 6) is -0.269. The highest BCUT2D eigenvalue weighted by molar-refractivity contribution is 7.15. The lowest BCUT2D eigenvalue weighted by atomic mass is 10.1. The second kappa shape index (κ2) is 8.96. The largest absolute Gasteiger partial charge is 0.378 e. The first-order valence-electron chi connectivity index (χ1n) is 8.95. The van der Waals surface area contributed by atoms with E-state index in [0.29, 0.717) is 37.9 Å². The average molecular weight is 388 g/mol. The van der Waals surface area contributed by atoms with Gasteiger partial charge in [0.15, 0.2) is 5.13 Å². The summed E-state index contributed by atoms with van der Waals surface area (Å²) in [5.41, 5.74) is 1.87. The molecule has 144 valence electrons. The number of hydrogen-bond acceptors (Lipinski definition) is 5. The van der Waals surface area contributed by atoms with E-state index in [9.17, 15) is 9.59 Å². The molecule has 2 aromatic rings. The van der Waals surface area contributed by atoms with Crippen LogP contribution in [0.5, 0.6) is 0 Å². The van der Waals surface area contributed by atoms with E-state index in [1.54, 1.807) is 4.90 Å². The van der Waals surface area contributed by atoms with Gasteiger partial charge in [-0.3, -0.25) is 4.79 Å². The molecule has 1 aromatic carbocycles. The summed E-state index contributed by atoms with van der Waals surface area (Å²) in [5, 5.41) is 6.27. The summed E-state index contributed by atoms with van der Waals surface area (Å²) in [6, 6.07) is 8.71. The van der Waals surface area contributed by atoms with E-state index in [1.165, 1.54) is 11.3 Å². The monoisotopic (exact) mass is 388 g/mol. The minimum absolute atomic E-state index is 0.249. The SMILES string of the molecule is Cc1nc(NC(=O)[C@H](Cc2ccccc2)NC(=O)N2CCOCC2)sc1C. The number of thiazole rings is 1. The average Bonchev–Trinajstić information content (AvgIpc) is 2.99. The smallest absolute Gasteiger partial charge is 0.318 e. The summed E-state index contributed by atoms with van der Waals surface area (Å²) in [6.45, 7) is 5.95. The molecule has 0 unspecified atom stereocenters. The van der Waals surface area contributed by atoms with Gasteiger partial charge in [0.1, 0.15) is 6.04 Å². The van der Waals surface area contributed by atoms with E-state index in [2.05, 4.69) is 15.6 Å². The lowest BCUT2D eigenvalue weighted by Crippen LogP contribution is -2.53. The topological polar surface area (TPSA) is 83.6 Å². The fourth-order valence-electron chi connectivity index (χ4n) is 2.78. The number of hydrogen-bond donors (Lipinski definition) is 2. The third-order valence-corrected chi connectivity index (χ3v) is 5.44. The third-order valence-electron chi connectivity index (χ3n) is 4.45. The maximum absolute atomic E-state index is 12.9. The molecule has 3 rings (SSSR count). The van der Waals surface area contributed by atoms with Gasteiger partial charge in [0.25, 0.3) is 0 Å². The summed E-state index contributed by atoms with van der Waals surface area (Å²) in [6.07, 6.45) is 0.409. The molecule has 0 bridgehead atoms. The predicted molar refractivity (Wildman–Crippen MR) is 105 cm³/mol. The van der Waals surface area contributed by atoms with Crippen molar-refractivity contribution in [2.75, 3.05) is 31.6 Å². The molecule has 0 radical (unpaired) electrons. The van der Waals surface area contributed by atoms with Crippen LogP contribution < -0.4 is 10.6 Å². The number of morpholine rings is 1. The van der Waals surface area contributed by atoms with Gasteiger partial charge >= 0.3 is 6.03 Å². The molecule has 0 spiro atoms. The predicted octanol–water partition coefficient (Wildman–Crippen LogP) is 2.35. The van der Waals surface area contributed by atoms with Crippen molar-refractivity contribution in [2.45, 2.75) is 26.3 Å². The van der Waals surface area contributed by atoms with E-state index in [0.717, 1.165) is 16.1 Å². The van der Waals surface area contributed by atoms with Crippen LogP contribution in [0, 0.1) is 13.8 Å². The number of benzene rings is 1. The van der Waals surface area contributed by atoms with Gasteiger partial charge in [0.2, 0.25) is 5.91 Å². The Morgan fingerprint density at radius 2 is 1.93 bits per heavy atom. The van der Waals surface area contributed by atoms with E-state index >= 15 is 0 Å².